The third-order valence-corrected chi connectivity index (χ3v) is 1.74. The highest BCUT2D eigenvalue weighted by atomic mass is 14.0. The van der Waals surface area contributed by atoms with Gasteiger partial charge in [-0.1, -0.05) is 37.6 Å². The molecule has 0 aromatic carbocycles. The van der Waals surface area contributed by atoms with Crippen LogP contribution >= 0.6 is 0 Å². The van der Waals surface area contributed by atoms with Gasteiger partial charge < -0.3 is 0 Å². The summed E-state index contributed by atoms with van der Waals surface area (Å²) in [6.45, 7) is 8.29. The summed E-state index contributed by atoms with van der Waals surface area (Å²) in [5.41, 5.74) is 1.41. The Morgan fingerprint density at radius 2 is 2.09 bits per heavy atom. The Labute approximate surface area is 71.0 Å². The van der Waals surface area contributed by atoms with Crippen molar-refractivity contribution < 1.29 is 0 Å². The maximum atomic E-state index is 4.02. The van der Waals surface area contributed by atoms with Gasteiger partial charge in [0.05, 0.1) is 0 Å². The molecule has 0 aromatic rings. The molecule has 0 aromatic heterocycles. The lowest BCUT2D eigenvalue weighted by molar-refractivity contribution is 0.772. The fourth-order valence-corrected chi connectivity index (χ4v) is 1.12. The molecule has 0 bridgehead atoms. The van der Waals surface area contributed by atoms with Crippen molar-refractivity contribution in [3.63, 3.8) is 0 Å². The highest BCUT2D eigenvalue weighted by molar-refractivity contribution is 4.93. The Balaban J connectivity index is 3.17. The minimum atomic E-state index is 1.20. The van der Waals surface area contributed by atoms with E-state index in [2.05, 4.69) is 32.6 Å². The van der Waals surface area contributed by atoms with E-state index in [0.29, 0.717) is 0 Å². The second-order valence-corrected chi connectivity index (χ2v) is 2.96. The minimum Gasteiger partial charge on any atom is -0.0999 e. The van der Waals surface area contributed by atoms with Crippen LogP contribution in [0.4, 0.5) is 0 Å². The molecule has 0 spiro atoms. The molecule has 0 rings (SSSR count). The van der Waals surface area contributed by atoms with Gasteiger partial charge in [-0.3, -0.25) is 0 Å². The normalized spacial score (nSPS) is 10.7. The SMILES string of the molecule is C=C(CCC)CCCC=CC. The summed E-state index contributed by atoms with van der Waals surface area (Å²) in [4.78, 5) is 0. The van der Waals surface area contributed by atoms with Gasteiger partial charge in [0.1, 0.15) is 0 Å². The van der Waals surface area contributed by atoms with E-state index >= 15 is 0 Å². The molecule has 0 heteroatoms. The Morgan fingerprint density at radius 1 is 1.36 bits per heavy atom. The summed E-state index contributed by atoms with van der Waals surface area (Å²) in [5.74, 6) is 0. The van der Waals surface area contributed by atoms with Crippen LogP contribution in [0.5, 0.6) is 0 Å². The summed E-state index contributed by atoms with van der Waals surface area (Å²) in [6, 6.07) is 0. The molecular weight excluding hydrogens is 132 g/mol. The molecule has 0 unspecified atom stereocenters. The Morgan fingerprint density at radius 3 is 2.64 bits per heavy atom. The van der Waals surface area contributed by atoms with Crippen LogP contribution in [0.15, 0.2) is 24.3 Å². The molecule has 0 N–H and O–H groups in total. The first-order valence-corrected chi connectivity index (χ1v) is 4.59. The van der Waals surface area contributed by atoms with E-state index in [-0.39, 0.29) is 0 Å². The van der Waals surface area contributed by atoms with Crippen LogP contribution in [-0.4, -0.2) is 0 Å². The fourth-order valence-electron chi connectivity index (χ4n) is 1.12. The molecule has 0 amide bonds. The van der Waals surface area contributed by atoms with E-state index in [1.165, 1.54) is 37.7 Å². The highest BCUT2D eigenvalue weighted by Gasteiger charge is 1.90. The van der Waals surface area contributed by atoms with Gasteiger partial charge in [-0.05, 0) is 32.6 Å². The molecule has 64 valence electrons. The number of allylic oxidation sites excluding steroid dienone is 3. The van der Waals surface area contributed by atoms with E-state index in [1.54, 1.807) is 0 Å². The zero-order valence-corrected chi connectivity index (χ0v) is 7.90. The number of unbranched alkanes of at least 4 members (excludes halogenated alkanes) is 1. The van der Waals surface area contributed by atoms with Gasteiger partial charge in [0.2, 0.25) is 0 Å². The average Bonchev–Trinajstić information content (AvgIpc) is 1.99. The first kappa shape index (κ1) is 10.5. The molecular formula is C11H20. The van der Waals surface area contributed by atoms with E-state index in [0.717, 1.165) is 0 Å². The molecule has 0 aliphatic carbocycles. The summed E-state index contributed by atoms with van der Waals surface area (Å²) < 4.78 is 0. The van der Waals surface area contributed by atoms with Crippen molar-refractivity contribution >= 4 is 0 Å². The van der Waals surface area contributed by atoms with Crippen molar-refractivity contribution in [1.29, 1.82) is 0 Å². The number of hydrogen-bond acceptors (Lipinski definition) is 0. The Hall–Kier alpha value is -0.520. The third kappa shape index (κ3) is 7.38. The van der Waals surface area contributed by atoms with Gasteiger partial charge in [-0.2, -0.15) is 0 Å². The smallest absolute Gasteiger partial charge is 0.0320 e. The summed E-state index contributed by atoms with van der Waals surface area (Å²) in [5, 5.41) is 0. The van der Waals surface area contributed by atoms with Crippen LogP contribution in [0.1, 0.15) is 46.0 Å². The largest absolute Gasteiger partial charge is 0.0999 e. The highest BCUT2D eigenvalue weighted by Crippen LogP contribution is 2.10. The average molecular weight is 152 g/mol. The molecule has 0 saturated carbocycles. The second-order valence-electron chi connectivity index (χ2n) is 2.96. The van der Waals surface area contributed by atoms with Crippen LogP contribution in [0.3, 0.4) is 0 Å². The van der Waals surface area contributed by atoms with Gasteiger partial charge in [-0.25, -0.2) is 0 Å². The molecule has 0 nitrogen and oxygen atoms in total. The Bertz CT molecular complexity index is 120. The lowest BCUT2D eigenvalue weighted by atomic mass is 10.1. The topological polar surface area (TPSA) is 0 Å². The monoisotopic (exact) mass is 152 g/mol. The molecule has 0 saturated heterocycles. The van der Waals surface area contributed by atoms with Crippen LogP contribution < -0.4 is 0 Å². The molecule has 0 aliphatic heterocycles. The van der Waals surface area contributed by atoms with Crippen molar-refractivity contribution in [2.24, 2.45) is 0 Å². The minimum absolute atomic E-state index is 1.20. The van der Waals surface area contributed by atoms with Crippen molar-refractivity contribution in [1.82, 2.24) is 0 Å². The molecule has 0 aliphatic rings. The molecule has 0 fully saturated rings. The number of hydrogen-bond donors (Lipinski definition) is 0. The standard InChI is InChI=1S/C11H20/c1-4-6-7-8-10-11(3)9-5-2/h4,6H,3,5,7-10H2,1-2H3. The first-order valence-electron chi connectivity index (χ1n) is 4.59. The van der Waals surface area contributed by atoms with Gasteiger partial charge >= 0.3 is 0 Å². The van der Waals surface area contributed by atoms with Crippen LogP contribution in [0.2, 0.25) is 0 Å². The van der Waals surface area contributed by atoms with Crippen LogP contribution in [0.25, 0.3) is 0 Å². The zero-order chi connectivity index (χ0) is 8.53. The molecule has 11 heavy (non-hydrogen) atoms. The predicted octanol–water partition coefficient (Wildman–Crippen LogP) is 4.09. The van der Waals surface area contributed by atoms with Crippen molar-refractivity contribution in [2.75, 3.05) is 0 Å². The predicted molar refractivity (Wildman–Crippen MR) is 52.7 cm³/mol. The lowest BCUT2D eigenvalue weighted by Gasteiger charge is -2.00. The second kappa shape index (κ2) is 7.59. The van der Waals surface area contributed by atoms with Crippen molar-refractivity contribution in [3.05, 3.63) is 24.3 Å². The number of rotatable bonds is 6. The summed E-state index contributed by atoms with van der Waals surface area (Å²) >= 11 is 0. The van der Waals surface area contributed by atoms with Gasteiger partial charge in [0.25, 0.3) is 0 Å². The van der Waals surface area contributed by atoms with E-state index in [4.69, 9.17) is 0 Å². The van der Waals surface area contributed by atoms with Gasteiger partial charge in [0, 0.05) is 0 Å². The molecule has 0 heterocycles. The van der Waals surface area contributed by atoms with Crippen molar-refractivity contribution in [2.45, 2.75) is 46.0 Å². The van der Waals surface area contributed by atoms with Crippen molar-refractivity contribution in [3.8, 4) is 0 Å². The van der Waals surface area contributed by atoms with E-state index in [1.807, 2.05) is 0 Å². The first-order chi connectivity index (χ1) is 5.31. The van der Waals surface area contributed by atoms with E-state index in [9.17, 15) is 0 Å². The van der Waals surface area contributed by atoms with E-state index < -0.39 is 0 Å². The lowest BCUT2D eigenvalue weighted by Crippen LogP contribution is -1.80. The zero-order valence-electron chi connectivity index (χ0n) is 7.90. The maximum absolute atomic E-state index is 4.02. The quantitative estimate of drug-likeness (QED) is 0.397. The summed E-state index contributed by atoms with van der Waals surface area (Å²) in [6.07, 6.45) is 10.5. The summed E-state index contributed by atoms with van der Waals surface area (Å²) in [7, 11) is 0. The third-order valence-electron chi connectivity index (χ3n) is 1.74. The van der Waals surface area contributed by atoms with Crippen LogP contribution in [-0.2, 0) is 0 Å². The van der Waals surface area contributed by atoms with Gasteiger partial charge in [-0.15, -0.1) is 0 Å². The van der Waals surface area contributed by atoms with Gasteiger partial charge in [0.15, 0.2) is 0 Å². The maximum Gasteiger partial charge on any atom is -0.0320 e. The molecule has 0 atom stereocenters. The Kier molecular flexibility index (Phi) is 7.23. The molecule has 0 radical (unpaired) electrons. The van der Waals surface area contributed by atoms with Crippen LogP contribution in [0, 0.1) is 0 Å². The fraction of sp³-hybridized carbons (Fsp3) is 0.636.